The normalized spacial score (nSPS) is 15.8. The van der Waals surface area contributed by atoms with Crippen molar-refractivity contribution in [2.75, 3.05) is 26.7 Å². The number of likely N-dealkylation sites (tertiary alicyclic amines) is 1. The van der Waals surface area contributed by atoms with Crippen molar-refractivity contribution in [3.05, 3.63) is 15.6 Å². The van der Waals surface area contributed by atoms with E-state index in [9.17, 15) is 9.59 Å². The molecule has 128 valence electrons. The summed E-state index contributed by atoms with van der Waals surface area (Å²) < 4.78 is 0. The number of nitrogens with one attached hydrogen (secondary N) is 1. The fourth-order valence-corrected chi connectivity index (χ4v) is 3.73. The maximum atomic E-state index is 12.2. The largest absolute Gasteiger partial charge is 0.343 e. The number of hydrogen-bond acceptors (Lipinski definition) is 4. The van der Waals surface area contributed by atoms with Crippen LogP contribution in [0.4, 0.5) is 4.79 Å². The van der Waals surface area contributed by atoms with Gasteiger partial charge in [0.1, 0.15) is 0 Å². The smallest absolute Gasteiger partial charge is 0.317 e. The average molecular weight is 338 g/mol. The highest BCUT2D eigenvalue weighted by atomic mass is 32.1. The summed E-state index contributed by atoms with van der Waals surface area (Å²) >= 11 is 1.66. The summed E-state index contributed by atoms with van der Waals surface area (Å²) in [6, 6.07) is -0.157. The third-order valence-electron chi connectivity index (χ3n) is 4.29. The molecule has 6 nitrogen and oxygen atoms in total. The Labute approximate surface area is 141 Å². The minimum absolute atomic E-state index is 0.0555. The highest BCUT2D eigenvalue weighted by Gasteiger charge is 2.22. The predicted molar refractivity (Wildman–Crippen MR) is 91.6 cm³/mol. The van der Waals surface area contributed by atoms with Gasteiger partial charge in [-0.15, -0.1) is 11.3 Å². The van der Waals surface area contributed by atoms with Crippen LogP contribution in [-0.4, -0.2) is 53.4 Å². The second-order valence-electron chi connectivity index (χ2n) is 6.03. The first-order chi connectivity index (χ1) is 10.9. The molecule has 3 amide bonds. The molecule has 0 aromatic carbocycles. The standard InChI is InChI=1S/C16H26N4O2S/c1-11(15-12(2)23-13(3)18-15)19(4)16(22)17-8-6-10-20-9-5-7-14(20)21/h11H,5-10H2,1-4H3,(H,17,22). The first-order valence-corrected chi connectivity index (χ1v) is 8.94. The molecule has 1 N–H and O–H groups in total. The fourth-order valence-electron chi connectivity index (χ4n) is 2.82. The molecule has 1 aliphatic heterocycles. The van der Waals surface area contributed by atoms with Gasteiger partial charge in [0.25, 0.3) is 0 Å². The molecule has 2 rings (SSSR count). The Balaban J connectivity index is 1.76. The summed E-state index contributed by atoms with van der Waals surface area (Å²) in [5.41, 5.74) is 0.966. The lowest BCUT2D eigenvalue weighted by Gasteiger charge is -2.25. The Kier molecular flexibility index (Phi) is 5.98. The van der Waals surface area contributed by atoms with E-state index in [1.54, 1.807) is 23.3 Å². The molecule has 0 aliphatic carbocycles. The van der Waals surface area contributed by atoms with Crippen molar-refractivity contribution in [1.29, 1.82) is 0 Å². The van der Waals surface area contributed by atoms with Crippen LogP contribution in [0.25, 0.3) is 0 Å². The van der Waals surface area contributed by atoms with E-state index in [-0.39, 0.29) is 18.0 Å². The summed E-state index contributed by atoms with van der Waals surface area (Å²) in [4.78, 5) is 33.0. The zero-order valence-electron chi connectivity index (χ0n) is 14.4. The Hall–Kier alpha value is -1.63. The van der Waals surface area contributed by atoms with Crippen LogP contribution in [0.15, 0.2) is 0 Å². The molecule has 1 unspecified atom stereocenters. The molecular weight excluding hydrogens is 312 g/mol. The zero-order valence-corrected chi connectivity index (χ0v) is 15.2. The van der Waals surface area contributed by atoms with Crippen molar-refractivity contribution in [1.82, 2.24) is 20.1 Å². The molecule has 1 aromatic heterocycles. The minimum Gasteiger partial charge on any atom is -0.343 e. The molecule has 7 heteroatoms. The van der Waals surface area contributed by atoms with E-state index < -0.39 is 0 Å². The number of aryl methyl sites for hydroxylation is 2. The van der Waals surface area contributed by atoms with Gasteiger partial charge in [-0.05, 0) is 33.6 Å². The first kappa shape index (κ1) is 17.7. The summed E-state index contributed by atoms with van der Waals surface area (Å²) in [7, 11) is 1.79. The van der Waals surface area contributed by atoms with Crippen LogP contribution in [0.1, 0.15) is 47.8 Å². The average Bonchev–Trinajstić information content (AvgIpc) is 3.07. The van der Waals surface area contributed by atoms with Gasteiger partial charge in [-0.3, -0.25) is 4.79 Å². The van der Waals surface area contributed by atoms with Gasteiger partial charge in [0.2, 0.25) is 5.91 Å². The van der Waals surface area contributed by atoms with Crippen LogP contribution in [0.3, 0.4) is 0 Å². The van der Waals surface area contributed by atoms with Crippen molar-refractivity contribution in [3.8, 4) is 0 Å². The number of nitrogens with zero attached hydrogens (tertiary/aromatic N) is 3. The number of thiazole rings is 1. The van der Waals surface area contributed by atoms with Crippen molar-refractivity contribution < 1.29 is 9.59 Å². The van der Waals surface area contributed by atoms with Gasteiger partial charge in [0.05, 0.1) is 16.7 Å². The van der Waals surface area contributed by atoms with Crippen molar-refractivity contribution >= 4 is 23.3 Å². The van der Waals surface area contributed by atoms with Gasteiger partial charge < -0.3 is 15.1 Å². The second-order valence-corrected chi connectivity index (χ2v) is 7.44. The van der Waals surface area contributed by atoms with Gasteiger partial charge >= 0.3 is 6.03 Å². The molecule has 1 atom stereocenters. The van der Waals surface area contributed by atoms with E-state index in [1.165, 1.54) is 0 Å². The summed E-state index contributed by atoms with van der Waals surface area (Å²) in [5.74, 6) is 0.233. The molecule has 1 aliphatic rings. The van der Waals surface area contributed by atoms with Gasteiger partial charge in [-0.1, -0.05) is 0 Å². The molecule has 2 heterocycles. The molecular formula is C16H26N4O2S. The topological polar surface area (TPSA) is 65.5 Å². The number of hydrogen-bond donors (Lipinski definition) is 1. The van der Waals surface area contributed by atoms with Gasteiger partial charge in [-0.25, -0.2) is 9.78 Å². The first-order valence-electron chi connectivity index (χ1n) is 8.12. The molecule has 0 bridgehead atoms. The van der Waals surface area contributed by atoms with Gasteiger partial charge in [0, 0.05) is 38.0 Å². The summed E-state index contributed by atoms with van der Waals surface area (Å²) in [6.45, 7) is 8.16. The molecule has 1 aromatic rings. The van der Waals surface area contributed by atoms with Crippen LogP contribution in [0.2, 0.25) is 0 Å². The predicted octanol–water partition coefficient (Wildman–Crippen LogP) is 2.47. The quantitative estimate of drug-likeness (QED) is 0.810. The van der Waals surface area contributed by atoms with E-state index in [0.29, 0.717) is 13.0 Å². The molecule has 0 spiro atoms. The fraction of sp³-hybridized carbons (Fsp3) is 0.688. The molecule has 0 radical (unpaired) electrons. The number of aromatic nitrogens is 1. The van der Waals surface area contributed by atoms with Crippen molar-refractivity contribution in [2.24, 2.45) is 0 Å². The second kappa shape index (κ2) is 7.77. The van der Waals surface area contributed by atoms with Gasteiger partial charge in [-0.2, -0.15) is 0 Å². The molecule has 1 saturated heterocycles. The molecule has 1 fully saturated rings. The van der Waals surface area contributed by atoms with E-state index >= 15 is 0 Å². The zero-order chi connectivity index (χ0) is 17.0. The lowest BCUT2D eigenvalue weighted by Crippen LogP contribution is -2.40. The van der Waals surface area contributed by atoms with E-state index in [1.807, 2.05) is 25.7 Å². The Morgan fingerprint density at radius 2 is 2.22 bits per heavy atom. The lowest BCUT2D eigenvalue weighted by atomic mass is 10.2. The van der Waals surface area contributed by atoms with Crippen LogP contribution in [0.5, 0.6) is 0 Å². The van der Waals surface area contributed by atoms with Crippen LogP contribution >= 0.6 is 11.3 Å². The number of urea groups is 1. The summed E-state index contributed by atoms with van der Waals surface area (Å²) in [6.07, 6.45) is 2.41. The van der Waals surface area contributed by atoms with Crippen LogP contribution in [0, 0.1) is 13.8 Å². The van der Waals surface area contributed by atoms with Crippen molar-refractivity contribution in [3.63, 3.8) is 0 Å². The number of amides is 3. The highest BCUT2D eigenvalue weighted by Crippen LogP contribution is 2.25. The monoisotopic (exact) mass is 338 g/mol. The van der Waals surface area contributed by atoms with E-state index in [2.05, 4.69) is 10.3 Å². The van der Waals surface area contributed by atoms with Crippen LogP contribution < -0.4 is 5.32 Å². The lowest BCUT2D eigenvalue weighted by molar-refractivity contribution is -0.127. The van der Waals surface area contributed by atoms with E-state index in [0.717, 1.165) is 41.5 Å². The molecule has 0 saturated carbocycles. The number of carbonyl (C=O) groups is 2. The number of carbonyl (C=O) groups excluding carboxylic acids is 2. The Bertz CT molecular complexity index is 572. The SMILES string of the molecule is Cc1nc(C(C)N(C)C(=O)NCCCN2CCCC2=O)c(C)s1. The number of rotatable bonds is 6. The third kappa shape index (κ3) is 4.43. The third-order valence-corrected chi connectivity index (χ3v) is 5.19. The molecule has 23 heavy (non-hydrogen) atoms. The highest BCUT2D eigenvalue weighted by molar-refractivity contribution is 7.11. The van der Waals surface area contributed by atoms with Gasteiger partial charge in [0.15, 0.2) is 0 Å². The van der Waals surface area contributed by atoms with Crippen molar-refractivity contribution in [2.45, 2.75) is 46.1 Å². The Morgan fingerprint density at radius 3 is 2.78 bits per heavy atom. The maximum Gasteiger partial charge on any atom is 0.317 e. The van der Waals surface area contributed by atoms with Crippen LogP contribution in [-0.2, 0) is 4.79 Å². The van der Waals surface area contributed by atoms with E-state index in [4.69, 9.17) is 0 Å². The minimum atomic E-state index is -0.102. The summed E-state index contributed by atoms with van der Waals surface area (Å²) in [5, 5.41) is 3.94. The maximum absolute atomic E-state index is 12.2. The Morgan fingerprint density at radius 1 is 1.48 bits per heavy atom.